The lowest BCUT2D eigenvalue weighted by Gasteiger charge is -2.40. The summed E-state index contributed by atoms with van der Waals surface area (Å²) in [4.78, 5) is 12.9. The molecule has 326 valence electrons. The smallest absolute Gasteiger partial charge is 0.220 e. The van der Waals surface area contributed by atoms with Crippen LogP contribution in [-0.2, 0) is 14.3 Å². The second-order valence-corrected chi connectivity index (χ2v) is 16.6. The number of carbonyl (C=O) groups excluding carboxylic acids is 1. The number of carbonyl (C=O) groups is 1. The summed E-state index contributed by atoms with van der Waals surface area (Å²) in [6.07, 6.45) is 35.3. The van der Waals surface area contributed by atoms with Crippen molar-refractivity contribution in [1.29, 1.82) is 0 Å². The zero-order chi connectivity index (χ0) is 40.2. The summed E-state index contributed by atoms with van der Waals surface area (Å²) < 4.78 is 11.2. The number of unbranched alkanes of at least 4 members (excludes halogenated alkanes) is 29. The Bertz CT molecular complexity index is 873. The van der Waals surface area contributed by atoms with Crippen molar-refractivity contribution < 1.29 is 39.8 Å². The van der Waals surface area contributed by atoms with Gasteiger partial charge in [-0.1, -0.05) is 206 Å². The maximum Gasteiger partial charge on any atom is 0.220 e. The van der Waals surface area contributed by atoms with Crippen molar-refractivity contribution in [3.05, 3.63) is 12.2 Å². The largest absolute Gasteiger partial charge is 0.394 e. The number of aliphatic hydroxyl groups is 5. The average molecular weight is 784 g/mol. The number of hydrogen-bond donors (Lipinski definition) is 6. The van der Waals surface area contributed by atoms with Gasteiger partial charge in [-0.15, -0.1) is 0 Å². The van der Waals surface area contributed by atoms with Crippen LogP contribution >= 0.6 is 0 Å². The van der Waals surface area contributed by atoms with Gasteiger partial charge in [0, 0.05) is 6.42 Å². The maximum absolute atomic E-state index is 12.9. The van der Waals surface area contributed by atoms with Gasteiger partial charge in [0.1, 0.15) is 24.4 Å². The van der Waals surface area contributed by atoms with Gasteiger partial charge < -0.3 is 40.3 Å². The highest BCUT2D eigenvalue weighted by atomic mass is 16.7. The summed E-state index contributed by atoms with van der Waals surface area (Å²) in [7, 11) is 0. The fourth-order valence-corrected chi connectivity index (χ4v) is 7.57. The van der Waals surface area contributed by atoms with E-state index in [-0.39, 0.29) is 12.5 Å². The van der Waals surface area contributed by atoms with E-state index in [4.69, 9.17) is 9.47 Å². The first-order valence-electron chi connectivity index (χ1n) is 23.4. The van der Waals surface area contributed by atoms with Gasteiger partial charge in [-0.05, 0) is 19.3 Å². The molecular weight excluding hydrogens is 695 g/mol. The maximum atomic E-state index is 12.9. The van der Waals surface area contributed by atoms with Gasteiger partial charge in [0.2, 0.25) is 5.91 Å². The number of allylic oxidation sites excluding steroid dienone is 1. The van der Waals surface area contributed by atoms with E-state index in [2.05, 4.69) is 19.2 Å². The minimum Gasteiger partial charge on any atom is -0.394 e. The number of ether oxygens (including phenoxy) is 2. The van der Waals surface area contributed by atoms with E-state index in [9.17, 15) is 30.3 Å². The molecule has 6 N–H and O–H groups in total. The Hall–Kier alpha value is -1.07. The molecule has 2 unspecified atom stereocenters. The molecule has 7 atom stereocenters. The van der Waals surface area contributed by atoms with Gasteiger partial charge in [-0.3, -0.25) is 4.79 Å². The van der Waals surface area contributed by atoms with Crippen molar-refractivity contribution >= 4 is 5.91 Å². The Labute approximate surface area is 337 Å². The van der Waals surface area contributed by atoms with E-state index in [1.807, 2.05) is 6.08 Å². The molecule has 9 nitrogen and oxygen atoms in total. The SMILES string of the molecule is CCCCCCCCCCCCCCCCC/C=C/[C@@H](O)[C@H](CO[C@@H]1O[C@H](CO)[C@H](O)C(O)C1O)NC(=O)CCCCCCCCCCCCCCCCC. The number of nitrogens with one attached hydrogen (secondary N) is 1. The number of hydrogen-bond acceptors (Lipinski definition) is 8. The molecule has 0 aromatic heterocycles. The third-order valence-corrected chi connectivity index (χ3v) is 11.4. The first kappa shape index (κ1) is 51.9. The van der Waals surface area contributed by atoms with Crippen LogP contribution in [0.4, 0.5) is 0 Å². The fourth-order valence-electron chi connectivity index (χ4n) is 7.57. The molecule has 0 saturated carbocycles. The van der Waals surface area contributed by atoms with Gasteiger partial charge in [0.25, 0.3) is 0 Å². The molecule has 1 saturated heterocycles. The highest BCUT2D eigenvalue weighted by molar-refractivity contribution is 5.76. The van der Waals surface area contributed by atoms with Gasteiger partial charge >= 0.3 is 0 Å². The second-order valence-electron chi connectivity index (χ2n) is 16.6. The van der Waals surface area contributed by atoms with Crippen LogP contribution in [-0.4, -0.2) is 87.5 Å². The van der Waals surface area contributed by atoms with Gasteiger partial charge in [0.05, 0.1) is 25.4 Å². The fraction of sp³-hybridized carbons (Fsp3) is 0.935. The Kier molecular flexibility index (Phi) is 35.2. The Morgan fingerprint density at radius 2 is 1.00 bits per heavy atom. The lowest BCUT2D eigenvalue weighted by Crippen LogP contribution is -2.60. The molecule has 0 radical (unpaired) electrons. The molecule has 1 heterocycles. The topological polar surface area (TPSA) is 149 Å². The molecule has 0 bridgehead atoms. The second kappa shape index (κ2) is 37.2. The molecule has 0 aromatic rings. The summed E-state index contributed by atoms with van der Waals surface area (Å²) in [5, 5.41) is 54.2. The molecular formula is C46H89NO8. The van der Waals surface area contributed by atoms with Crippen molar-refractivity contribution in [2.75, 3.05) is 13.2 Å². The predicted molar refractivity (Wildman–Crippen MR) is 226 cm³/mol. The molecule has 0 aliphatic carbocycles. The summed E-state index contributed by atoms with van der Waals surface area (Å²) in [6, 6.07) is -0.798. The van der Waals surface area contributed by atoms with E-state index in [0.29, 0.717) is 6.42 Å². The van der Waals surface area contributed by atoms with E-state index in [1.165, 1.54) is 161 Å². The highest BCUT2D eigenvalue weighted by Gasteiger charge is 2.44. The van der Waals surface area contributed by atoms with Crippen LogP contribution in [0.1, 0.15) is 219 Å². The quantitative estimate of drug-likeness (QED) is 0.0267. The Balaban J connectivity index is 2.35. The Morgan fingerprint density at radius 3 is 1.42 bits per heavy atom. The van der Waals surface area contributed by atoms with Crippen molar-refractivity contribution in [3.63, 3.8) is 0 Å². The monoisotopic (exact) mass is 784 g/mol. The van der Waals surface area contributed by atoms with Crippen LogP contribution in [0, 0.1) is 0 Å². The van der Waals surface area contributed by atoms with Crippen molar-refractivity contribution in [1.82, 2.24) is 5.32 Å². The van der Waals surface area contributed by atoms with Crippen molar-refractivity contribution in [2.24, 2.45) is 0 Å². The standard InChI is InChI=1S/C46H89NO8/c1-3-5-7-9-11-13-15-17-19-20-22-23-25-27-29-31-33-35-40(49)39(38-54-46-45(53)44(52)43(51)41(37-48)55-46)47-42(50)36-34-32-30-28-26-24-21-18-16-14-12-10-8-6-4-2/h33,35,39-41,43-46,48-49,51-53H,3-32,34,36-38H2,1-2H3,(H,47,50)/b35-33+/t39-,40+,41+,43-,44?,45?,46+/m0/s1. The molecule has 1 aliphatic rings. The van der Waals surface area contributed by atoms with Crippen LogP contribution in [0.15, 0.2) is 12.2 Å². The summed E-state index contributed by atoms with van der Waals surface area (Å²) in [5.74, 6) is -0.174. The molecule has 1 aliphatic heterocycles. The third-order valence-electron chi connectivity index (χ3n) is 11.4. The first-order valence-corrected chi connectivity index (χ1v) is 23.4. The van der Waals surface area contributed by atoms with E-state index >= 15 is 0 Å². The van der Waals surface area contributed by atoms with E-state index in [0.717, 1.165) is 38.5 Å². The van der Waals surface area contributed by atoms with Crippen LogP contribution in [0.2, 0.25) is 0 Å². The lowest BCUT2D eigenvalue weighted by atomic mass is 9.99. The molecule has 0 aromatic carbocycles. The van der Waals surface area contributed by atoms with Crippen molar-refractivity contribution in [3.8, 4) is 0 Å². The van der Waals surface area contributed by atoms with Crippen LogP contribution < -0.4 is 5.32 Å². The van der Waals surface area contributed by atoms with E-state index in [1.54, 1.807) is 6.08 Å². The Morgan fingerprint density at radius 1 is 0.600 bits per heavy atom. The summed E-state index contributed by atoms with van der Waals surface area (Å²) in [5.41, 5.74) is 0. The third kappa shape index (κ3) is 28.1. The number of aliphatic hydroxyl groups excluding tert-OH is 5. The summed E-state index contributed by atoms with van der Waals surface area (Å²) >= 11 is 0. The summed E-state index contributed by atoms with van der Waals surface area (Å²) in [6.45, 7) is 3.79. The number of rotatable bonds is 39. The lowest BCUT2D eigenvalue weighted by molar-refractivity contribution is -0.302. The first-order chi connectivity index (χ1) is 26.8. The predicted octanol–water partition coefficient (Wildman–Crippen LogP) is 9.73. The van der Waals surface area contributed by atoms with E-state index < -0.39 is 49.5 Å². The van der Waals surface area contributed by atoms with Gasteiger partial charge in [-0.25, -0.2) is 0 Å². The average Bonchev–Trinajstić information content (AvgIpc) is 3.18. The normalized spacial score (nSPS) is 21.3. The van der Waals surface area contributed by atoms with Gasteiger partial charge in [-0.2, -0.15) is 0 Å². The zero-order valence-corrected chi connectivity index (χ0v) is 35.7. The zero-order valence-electron chi connectivity index (χ0n) is 35.7. The molecule has 1 amide bonds. The highest BCUT2D eigenvalue weighted by Crippen LogP contribution is 2.23. The molecule has 0 spiro atoms. The van der Waals surface area contributed by atoms with Crippen LogP contribution in [0.3, 0.4) is 0 Å². The number of amides is 1. The molecule has 55 heavy (non-hydrogen) atoms. The molecule has 1 fully saturated rings. The van der Waals surface area contributed by atoms with Crippen molar-refractivity contribution in [2.45, 2.75) is 262 Å². The van der Waals surface area contributed by atoms with Gasteiger partial charge in [0.15, 0.2) is 6.29 Å². The molecule has 9 heteroatoms. The minimum atomic E-state index is -1.56. The molecule has 1 rings (SSSR count). The minimum absolute atomic E-state index is 0.174. The van der Waals surface area contributed by atoms with Crippen LogP contribution in [0.5, 0.6) is 0 Å². The van der Waals surface area contributed by atoms with Crippen LogP contribution in [0.25, 0.3) is 0 Å².